The molecule has 92 valence electrons. The van der Waals surface area contributed by atoms with Crippen molar-refractivity contribution in [2.24, 2.45) is 0 Å². The lowest BCUT2D eigenvalue weighted by Gasteiger charge is -2.32. The maximum Gasteiger partial charge on any atom is 0.322 e. The van der Waals surface area contributed by atoms with Crippen molar-refractivity contribution in [2.75, 3.05) is 24.7 Å². The lowest BCUT2D eigenvalue weighted by molar-refractivity contribution is 0.210. The van der Waals surface area contributed by atoms with Gasteiger partial charge in [-0.25, -0.2) is 0 Å². The van der Waals surface area contributed by atoms with E-state index in [-0.39, 0.29) is 0 Å². The van der Waals surface area contributed by atoms with Crippen LogP contribution in [0.15, 0.2) is 0 Å². The minimum Gasteiger partial charge on any atom is -0.415 e. The van der Waals surface area contributed by atoms with Gasteiger partial charge in [0.05, 0.1) is 0 Å². The van der Waals surface area contributed by atoms with Gasteiger partial charge in [-0.15, -0.1) is 0 Å². The zero-order chi connectivity index (χ0) is 11.9. The molecule has 0 N–H and O–H groups in total. The molecule has 15 heavy (non-hydrogen) atoms. The van der Waals surface area contributed by atoms with E-state index in [1.165, 1.54) is 0 Å². The van der Waals surface area contributed by atoms with Crippen LogP contribution in [0.2, 0.25) is 26.2 Å². The molecule has 0 aliphatic rings. The molecule has 0 saturated carbocycles. The maximum absolute atomic E-state index is 5.99. The van der Waals surface area contributed by atoms with Gasteiger partial charge in [-0.2, -0.15) is 25.3 Å². The first kappa shape index (κ1) is 16.0. The van der Waals surface area contributed by atoms with Crippen molar-refractivity contribution in [3.8, 4) is 0 Å². The van der Waals surface area contributed by atoms with E-state index in [4.69, 9.17) is 13.0 Å². The molecule has 0 bridgehead atoms. The molecule has 0 radical (unpaired) electrons. The van der Waals surface area contributed by atoms with Crippen molar-refractivity contribution in [1.29, 1.82) is 0 Å². The molecular formula is C8H22O3S2Si2. The maximum atomic E-state index is 5.99. The van der Waals surface area contributed by atoms with Gasteiger partial charge in [0.15, 0.2) is 0 Å². The van der Waals surface area contributed by atoms with Crippen LogP contribution in [-0.4, -0.2) is 41.8 Å². The molecule has 3 nitrogen and oxygen atoms in total. The monoisotopic (exact) mass is 286 g/mol. The Bertz CT molecular complexity index is 161. The van der Waals surface area contributed by atoms with Crippen LogP contribution in [0.4, 0.5) is 0 Å². The summed E-state index contributed by atoms with van der Waals surface area (Å²) in [4.78, 5) is 0. The zero-order valence-corrected chi connectivity index (χ0v) is 13.7. The van der Waals surface area contributed by atoms with Crippen molar-refractivity contribution >= 4 is 42.4 Å². The highest BCUT2D eigenvalue weighted by Crippen LogP contribution is 2.16. The Kier molecular flexibility index (Phi) is 7.86. The molecule has 0 atom stereocenters. The molecule has 0 aromatic carbocycles. The highest BCUT2D eigenvalue weighted by molar-refractivity contribution is 7.80. The number of rotatable bonds is 8. The van der Waals surface area contributed by atoms with Gasteiger partial charge in [-0.3, -0.25) is 0 Å². The second-order valence-electron chi connectivity index (χ2n) is 4.05. The van der Waals surface area contributed by atoms with Crippen molar-refractivity contribution < 1.29 is 13.0 Å². The van der Waals surface area contributed by atoms with Gasteiger partial charge in [0, 0.05) is 24.7 Å². The summed E-state index contributed by atoms with van der Waals surface area (Å²) in [5.41, 5.74) is 0. The summed E-state index contributed by atoms with van der Waals surface area (Å²) in [6, 6.07) is 0. The molecule has 0 saturated heterocycles. The third-order valence-corrected chi connectivity index (χ3v) is 7.67. The van der Waals surface area contributed by atoms with E-state index >= 15 is 0 Å². The Balaban J connectivity index is 4.04. The molecular weight excluding hydrogens is 264 g/mol. The lowest BCUT2D eigenvalue weighted by atomic mass is 10.9. The van der Waals surface area contributed by atoms with E-state index in [0.717, 1.165) is 11.5 Å². The smallest absolute Gasteiger partial charge is 0.322 e. The van der Waals surface area contributed by atoms with E-state index in [1.54, 1.807) is 0 Å². The topological polar surface area (TPSA) is 27.7 Å². The molecule has 0 rings (SSSR count). The standard InChI is InChI=1S/C8H22O3S2Si2/c1-14(2,9-5-7-12)11-15(3,4)10-6-8-13/h12-13H,5-8H2,1-4H3. The molecule has 0 unspecified atom stereocenters. The van der Waals surface area contributed by atoms with Gasteiger partial charge in [0.25, 0.3) is 0 Å². The van der Waals surface area contributed by atoms with Gasteiger partial charge in [0.1, 0.15) is 0 Å². The summed E-state index contributed by atoms with van der Waals surface area (Å²) >= 11 is 8.22. The van der Waals surface area contributed by atoms with Crippen molar-refractivity contribution in [2.45, 2.75) is 26.2 Å². The molecule has 0 aromatic heterocycles. The average Bonchev–Trinajstić information content (AvgIpc) is 2.10. The quantitative estimate of drug-likeness (QED) is 0.530. The van der Waals surface area contributed by atoms with E-state index in [1.807, 2.05) is 26.2 Å². The minimum atomic E-state index is -2.05. The molecule has 0 fully saturated rings. The highest BCUT2D eigenvalue weighted by Gasteiger charge is 2.36. The van der Waals surface area contributed by atoms with E-state index in [0.29, 0.717) is 13.2 Å². The van der Waals surface area contributed by atoms with Crippen LogP contribution < -0.4 is 0 Å². The summed E-state index contributed by atoms with van der Waals surface area (Å²) in [6.07, 6.45) is 0. The summed E-state index contributed by atoms with van der Waals surface area (Å²) < 4.78 is 17.3. The first-order chi connectivity index (χ1) is 6.83. The number of hydrogen-bond acceptors (Lipinski definition) is 5. The fourth-order valence-corrected chi connectivity index (χ4v) is 8.15. The van der Waals surface area contributed by atoms with Crippen LogP contribution >= 0.6 is 25.3 Å². The van der Waals surface area contributed by atoms with Crippen LogP contribution in [0.25, 0.3) is 0 Å². The van der Waals surface area contributed by atoms with Crippen molar-refractivity contribution in [3.05, 3.63) is 0 Å². The van der Waals surface area contributed by atoms with E-state index < -0.39 is 17.1 Å². The predicted octanol–water partition coefficient (Wildman–Crippen LogP) is 2.30. The fraction of sp³-hybridized carbons (Fsp3) is 1.00. The van der Waals surface area contributed by atoms with Crippen molar-refractivity contribution in [1.82, 2.24) is 0 Å². The molecule has 0 heterocycles. The van der Waals surface area contributed by atoms with Crippen LogP contribution in [0.1, 0.15) is 0 Å². The summed E-state index contributed by atoms with van der Waals surface area (Å²) in [7, 11) is -4.09. The van der Waals surface area contributed by atoms with Gasteiger partial charge in [-0.1, -0.05) is 0 Å². The third-order valence-electron chi connectivity index (χ3n) is 1.57. The normalized spacial score (nSPS) is 13.2. The third kappa shape index (κ3) is 8.78. The van der Waals surface area contributed by atoms with Crippen LogP contribution in [0, 0.1) is 0 Å². The van der Waals surface area contributed by atoms with E-state index in [9.17, 15) is 0 Å². The lowest BCUT2D eigenvalue weighted by Crippen LogP contribution is -2.49. The Morgan fingerprint density at radius 2 is 1.13 bits per heavy atom. The number of thiol groups is 2. The SMILES string of the molecule is C[Si](C)(OCCS)O[Si](C)(C)OCCS. The zero-order valence-electron chi connectivity index (χ0n) is 9.95. The Morgan fingerprint density at radius 1 is 0.800 bits per heavy atom. The Morgan fingerprint density at radius 3 is 1.40 bits per heavy atom. The molecule has 0 amide bonds. The minimum absolute atomic E-state index is 0.638. The van der Waals surface area contributed by atoms with Gasteiger partial charge >= 0.3 is 17.1 Å². The summed E-state index contributed by atoms with van der Waals surface area (Å²) in [5, 5.41) is 0. The predicted molar refractivity (Wildman–Crippen MR) is 75.7 cm³/mol. The van der Waals surface area contributed by atoms with Gasteiger partial charge < -0.3 is 13.0 Å². The van der Waals surface area contributed by atoms with Crippen LogP contribution in [-0.2, 0) is 13.0 Å². The van der Waals surface area contributed by atoms with Gasteiger partial charge in [-0.05, 0) is 26.2 Å². The van der Waals surface area contributed by atoms with Crippen LogP contribution in [0.5, 0.6) is 0 Å². The summed E-state index contributed by atoms with van der Waals surface area (Å²) in [6.45, 7) is 9.42. The first-order valence-corrected chi connectivity index (χ1v) is 11.9. The first-order valence-electron chi connectivity index (χ1n) is 5.03. The molecule has 0 aromatic rings. The molecule has 7 heteroatoms. The van der Waals surface area contributed by atoms with Crippen LogP contribution in [0.3, 0.4) is 0 Å². The fourth-order valence-electron chi connectivity index (χ4n) is 1.23. The average molecular weight is 287 g/mol. The molecule has 0 aliphatic heterocycles. The van der Waals surface area contributed by atoms with Crippen molar-refractivity contribution in [3.63, 3.8) is 0 Å². The second-order valence-corrected chi connectivity index (χ2v) is 11.9. The highest BCUT2D eigenvalue weighted by atomic mass is 32.1. The molecule has 0 aliphatic carbocycles. The summed E-state index contributed by atoms with van der Waals surface area (Å²) in [5.74, 6) is 1.44. The second kappa shape index (κ2) is 7.36. The molecule has 0 spiro atoms. The Labute approximate surface area is 106 Å². The van der Waals surface area contributed by atoms with E-state index in [2.05, 4.69) is 25.3 Å². The Hall–Kier alpha value is 1.01. The largest absolute Gasteiger partial charge is 0.415 e. The number of hydrogen-bond donors (Lipinski definition) is 2. The van der Waals surface area contributed by atoms with Gasteiger partial charge in [0.2, 0.25) is 0 Å².